The molecule has 0 spiro atoms. The zero-order valence-electron chi connectivity index (χ0n) is 18.4. The smallest absolute Gasteiger partial charge is 0.308 e. The fourth-order valence-electron chi connectivity index (χ4n) is 3.60. The molecule has 0 fully saturated rings. The number of aryl methyl sites for hydroxylation is 3. The lowest BCUT2D eigenvalue weighted by Crippen LogP contribution is -2.17. The Morgan fingerprint density at radius 3 is 2.52 bits per heavy atom. The predicted molar refractivity (Wildman–Crippen MR) is 133 cm³/mol. The number of nitrogens with zero attached hydrogens (tertiary/aromatic N) is 1. The maximum Gasteiger partial charge on any atom is 0.308 e. The lowest BCUT2D eigenvalue weighted by molar-refractivity contribution is 0.102. The standard InChI is InChI=1S/C24H23N3O4S2/c1-4-27-20-11-10-18(14-21(20)32-24(27)29)25-23(28)17-9-8-16(3)22(13-17)33(30,31)26-19-7-5-6-15(2)12-19/h5-14,26H,4H2,1-3H3,(H,25,28). The van der Waals surface area contributed by atoms with Crippen LogP contribution in [0.25, 0.3) is 10.2 Å². The maximum atomic E-state index is 13.0. The van der Waals surface area contributed by atoms with Crippen LogP contribution in [0.2, 0.25) is 0 Å². The molecule has 1 heterocycles. The molecule has 0 aliphatic carbocycles. The van der Waals surface area contributed by atoms with Gasteiger partial charge in [0.05, 0.1) is 15.1 Å². The van der Waals surface area contributed by atoms with E-state index in [2.05, 4.69) is 10.0 Å². The molecule has 0 radical (unpaired) electrons. The maximum absolute atomic E-state index is 13.0. The van der Waals surface area contributed by atoms with E-state index in [1.807, 2.05) is 19.9 Å². The molecule has 9 heteroatoms. The second-order valence-electron chi connectivity index (χ2n) is 7.70. The number of rotatable bonds is 6. The van der Waals surface area contributed by atoms with E-state index in [9.17, 15) is 18.0 Å². The molecule has 0 atom stereocenters. The van der Waals surface area contributed by atoms with Crippen molar-refractivity contribution in [3.05, 3.63) is 87.0 Å². The molecule has 33 heavy (non-hydrogen) atoms. The second kappa shape index (κ2) is 8.84. The minimum Gasteiger partial charge on any atom is -0.322 e. The molecule has 4 rings (SSSR count). The highest BCUT2D eigenvalue weighted by atomic mass is 32.2. The highest BCUT2D eigenvalue weighted by Gasteiger charge is 2.20. The van der Waals surface area contributed by atoms with E-state index < -0.39 is 15.9 Å². The van der Waals surface area contributed by atoms with Crippen molar-refractivity contribution < 1.29 is 13.2 Å². The molecule has 170 valence electrons. The van der Waals surface area contributed by atoms with E-state index in [0.29, 0.717) is 23.5 Å². The fraction of sp³-hybridized carbons (Fsp3) is 0.167. The van der Waals surface area contributed by atoms with E-state index in [0.717, 1.165) is 27.1 Å². The minimum absolute atomic E-state index is 0.0327. The third-order valence-electron chi connectivity index (χ3n) is 5.25. The Bertz CT molecular complexity index is 1540. The molecule has 1 amide bonds. The van der Waals surface area contributed by atoms with Crippen LogP contribution in [0, 0.1) is 13.8 Å². The number of carbonyl (C=O) groups is 1. The molecule has 0 unspecified atom stereocenters. The van der Waals surface area contributed by atoms with Crippen LogP contribution < -0.4 is 14.9 Å². The third kappa shape index (κ3) is 4.69. The predicted octanol–water partition coefficient (Wildman–Crippen LogP) is 4.75. The van der Waals surface area contributed by atoms with Crippen molar-refractivity contribution in [2.75, 3.05) is 10.0 Å². The van der Waals surface area contributed by atoms with E-state index in [1.165, 1.54) is 6.07 Å². The summed E-state index contributed by atoms with van der Waals surface area (Å²) in [6.07, 6.45) is 0. The molecule has 7 nitrogen and oxygen atoms in total. The average molecular weight is 482 g/mol. The first-order valence-electron chi connectivity index (χ1n) is 10.3. The minimum atomic E-state index is -3.89. The van der Waals surface area contributed by atoms with E-state index in [1.54, 1.807) is 60.0 Å². The number of sulfonamides is 1. The Hall–Kier alpha value is -3.43. The van der Waals surface area contributed by atoms with Crippen molar-refractivity contribution in [2.45, 2.75) is 32.2 Å². The van der Waals surface area contributed by atoms with Crippen LogP contribution in [0.15, 0.2) is 70.4 Å². The van der Waals surface area contributed by atoms with E-state index in [-0.39, 0.29) is 15.3 Å². The van der Waals surface area contributed by atoms with Gasteiger partial charge in [0.15, 0.2) is 0 Å². The van der Waals surface area contributed by atoms with Crippen molar-refractivity contribution >= 4 is 48.9 Å². The van der Waals surface area contributed by atoms with Gasteiger partial charge >= 0.3 is 4.87 Å². The molecule has 0 saturated carbocycles. The quantitative estimate of drug-likeness (QED) is 0.415. The van der Waals surface area contributed by atoms with Gasteiger partial charge in [0.1, 0.15) is 0 Å². The molecule has 0 aliphatic rings. The summed E-state index contributed by atoms with van der Waals surface area (Å²) in [5.41, 5.74) is 3.46. The molecule has 0 bridgehead atoms. The van der Waals surface area contributed by atoms with Gasteiger partial charge in [-0.1, -0.05) is 29.5 Å². The number of aromatic nitrogens is 1. The van der Waals surface area contributed by atoms with E-state index >= 15 is 0 Å². The van der Waals surface area contributed by atoms with Crippen LogP contribution in [-0.2, 0) is 16.6 Å². The van der Waals surface area contributed by atoms with Gasteiger partial charge in [-0.3, -0.25) is 18.9 Å². The summed E-state index contributed by atoms with van der Waals surface area (Å²) in [6.45, 7) is 6.03. The largest absolute Gasteiger partial charge is 0.322 e. The summed E-state index contributed by atoms with van der Waals surface area (Å²) in [5, 5.41) is 2.79. The molecule has 3 aromatic carbocycles. The first kappa shape index (κ1) is 22.8. The summed E-state index contributed by atoms with van der Waals surface area (Å²) in [6, 6.07) is 16.9. The molecule has 1 aromatic heterocycles. The first-order valence-corrected chi connectivity index (χ1v) is 12.6. The van der Waals surface area contributed by atoms with Crippen molar-refractivity contribution in [3.8, 4) is 0 Å². The molecule has 0 saturated heterocycles. The van der Waals surface area contributed by atoms with Gasteiger partial charge in [-0.25, -0.2) is 8.42 Å². The van der Waals surface area contributed by atoms with E-state index in [4.69, 9.17) is 0 Å². The first-order chi connectivity index (χ1) is 15.7. The van der Waals surface area contributed by atoms with Crippen molar-refractivity contribution in [2.24, 2.45) is 0 Å². The Balaban J connectivity index is 1.61. The lowest BCUT2D eigenvalue weighted by atomic mass is 10.1. The van der Waals surface area contributed by atoms with Gasteiger partial charge in [0.25, 0.3) is 15.9 Å². The van der Waals surface area contributed by atoms with Crippen molar-refractivity contribution in [1.82, 2.24) is 4.57 Å². The van der Waals surface area contributed by atoms with Crippen LogP contribution in [0.1, 0.15) is 28.4 Å². The van der Waals surface area contributed by atoms with Crippen LogP contribution in [0.3, 0.4) is 0 Å². The number of anilines is 2. The van der Waals surface area contributed by atoms with Crippen LogP contribution in [0.4, 0.5) is 11.4 Å². The molecule has 0 aliphatic heterocycles. The van der Waals surface area contributed by atoms with Gasteiger partial charge in [0.2, 0.25) is 0 Å². The number of amides is 1. The highest BCUT2D eigenvalue weighted by molar-refractivity contribution is 7.92. The number of hydrogen-bond donors (Lipinski definition) is 2. The second-order valence-corrected chi connectivity index (χ2v) is 10.3. The van der Waals surface area contributed by atoms with Crippen molar-refractivity contribution in [1.29, 1.82) is 0 Å². The van der Waals surface area contributed by atoms with Gasteiger partial charge < -0.3 is 5.32 Å². The van der Waals surface area contributed by atoms with Crippen LogP contribution >= 0.6 is 11.3 Å². The summed E-state index contributed by atoms with van der Waals surface area (Å²) in [7, 11) is -3.89. The average Bonchev–Trinajstić information content (AvgIpc) is 3.07. The Morgan fingerprint density at radius 2 is 1.79 bits per heavy atom. The molecule has 4 aromatic rings. The summed E-state index contributed by atoms with van der Waals surface area (Å²) >= 11 is 1.12. The normalized spacial score (nSPS) is 11.5. The molecular formula is C24H23N3O4S2. The lowest BCUT2D eigenvalue weighted by Gasteiger charge is -2.13. The summed E-state index contributed by atoms with van der Waals surface area (Å²) in [5.74, 6) is -0.441. The number of thiazole rings is 1. The van der Waals surface area contributed by atoms with Gasteiger partial charge in [0, 0.05) is 23.5 Å². The zero-order valence-corrected chi connectivity index (χ0v) is 20.0. The summed E-state index contributed by atoms with van der Waals surface area (Å²) in [4.78, 5) is 24.9. The number of benzene rings is 3. The van der Waals surface area contributed by atoms with Crippen LogP contribution in [-0.4, -0.2) is 18.9 Å². The number of nitrogens with one attached hydrogen (secondary N) is 2. The monoisotopic (exact) mass is 481 g/mol. The van der Waals surface area contributed by atoms with Crippen molar-refractivity contribution in [3.63, 3.8) is 0 Å². The number of fused-ring (bicyclic) bond motifs is 1. The Kier molecular flexibility index (Phi) is 6.09. The van der Waals surface area contributed by atoms with Gasteiger partial charge in [-0.15, -0.1) is 0 Å². The third-order valence-corrected chi connectivity index (χ3v) is 7.72. The molecule has 2 N–H and O–H groups in total. The number of carbonyl (C=O) groups excluding carboxylic acids is 1. The zero-order chi connectivity index (χ0) is 23.8. The topological polar surface area (TPSA) is 97.3 Å². The Labute approximate surface area is 195 Å². The SMILES string of the molecule is CCn1c(=O)sc2cc(NC(=O)c3ccc(C)c(S(=O)(=O)Nc4cccc(C)c4)c3)ccc21. The molecular weight excluding hydrogens is 458 g/mol. The van der Waals surface area contributed by atoms with Gasteiger partial charge in [-0.05, 0) is 74.4 Å². The van der Waals surface area contributed by atoms with Crippen LogP contribution in [0.5, 0.6) is 0 Å². The number of hydrogen-bond acceptors (Lipinski definition) is 5. The summed E-state index contributed by atoms with van der Waals surface area (Å²) < 4.78 is 31.0. The Morgan fingerprint density at radius 1 is 1.00 bits per heavy atom. The highest BCUT2D eigenvalue weighted by Crippen LogP contribution is 2.24. The van der Waals surface area contributed by atoms with Gasteiger partial charge in [-0.2, -0.15) is 0 Å². The fourth-order valence-corrected chi connectivity index (χ4v) is 5.91.